The first-order chi connectivity index (χ1) is 9.54. The molecular formula is C13H14BrNO4S. The van der Waals surface area contributed by atoms with Gasteiger partial charge in [0.25, 0.3) is 0 Å². The average Bonchev–Trinajstić information content (AvgIpc) is 2.94. The fourth-order valence-electron chi connectivity index (χ4n) is 1.70. The smallest absolute Gasteiger partial charge is 0.241 e. The highest BCUT2D eigenvalue weighted by atomic mass is 79.9. The zero-order valence-electron chi connectivity index (χ0n) is 10.7. The third kappa shape index (κ3) is 3.49. The quantitative estimate of drug-likeness (QED) is 0.860. The van der Waals surface area contributed by atoms with Crippen molar-refractivity contribution in [3.05, 3.63) is 52.9 Å². The maximum Gasteiger partial charge on any atom is 0.241 e. The Kier molecular flexibility index (Phi) is 4.98. The number of benzene rings is 1. The maximum atomic E-state index is 12.2. The Morgan fingerprint density at radius 1 is 1.30 bits per heavy atom. The van der Waals surface area contributed by atoms with Crippen LogP contribution in [0.5, 0.6) is 0 Å². The lowest BCUT2D eigenvalue weighted by atomic mass is 10.3. The molecule has 0 aliphatic heterocycles. The predicted molar refractivity (Wildman–Crippen MR) is 77.8 cm³/mol. The number of hydrogen-bond acceptors (Lipinski definition) is 4. The van der Waals surface area contributed by atoms with Crippen molar-refractivity contribution in [2.24, 2.45) is 0 Å². The van der Waals surface area contributed by atoms with Gasteiger partial charge in [-0.05, 0) is 40.2 Å². The minimum Gasteiger partial charge on any atom is -0.467 e. The molecular weight excluding hydrogens is 346 g/mol. The lowest BCUT2D eigenvalue weighted by Crippen LogP contribution is -2.29. The van der Waals surface area contributed by atoms with Crippen molar-refractivity contribution < 1.29 is 17.6 Å². The van der Waals surface area contributed by atoms with E-state index in [1.807, 2.05) is 0 Å². The summed E-state index contributed by atoms with van der Waals surface area (Å²) < 4.78 is 37.9. The zero-order chi connectivity index (χ0) is 14.6. The minimum atomic E-state index is -3.61. The van der Waals surface area contributed by atoms with Gasteiger partial charge < -0.3 is 9.15 Å². The summed E-state index contributed by atoms with van der Waals surface area (Å²) in [6.45, 7) is 0.0910. The fourth-order valence-corrected chi connectivity index (χ4v) is 3.73. The lowest BCUT2D eigenvalue weighted by molar-refractivity contribution is 0.0878. The van der Waals surface area contributed by atoms with Crippen molar-refractivity contribution in [1.82, 2.24) is 4.72 Å². The van der Waals surface area contributed by atoms with Gasteiger partial charge in [-0.3, -0.25) is 0 Å². The van der Waals surface area contributed by atoms with Crippen molar-refractivity contribution >= 4 is 26.0 Å². The number of hydrogen-bond donors (Lipinski definition) is 1. The molecule has 1 N–H and O–H groups in total. The van der Waals surface area contributed by atoms with Gasteiger partial charge in [0.2, 0.25) is 10.0 Å². The van der Waals surface area contributed by atoms with Crippen LogP contribution in [0.1, 0.15) is 11.9 Å². The Morgan fingerprint density at radius 3 is 2.65 bits per heavy atom. The summed E-state index contributed by atoms with van der Waals surface area (Å²) in [7, 11) is -2.11. The molecule has 0 bridgehead atoms. The highest BCUT2D eigenvalue weighted by molar-refractivity contribution is 9.10. The van der Waals surface area contributed by atoms with Crippen LogP contribution in [0, 0.1) is 0 Å². The van der Waals surface area contributed by atoms with Gasteiger partial charge in [-0.25, -0.2) is 13.1 Å². The topological polar surface area (TPSA) is 68.5 Å². The van der Waals surface area contributed by atoms with Crippen molar-refractivity contribution in [2.75, 3.05) is 13.7 Å². The predicted octanol–water partition coefficient (Wildman–Crippen LogP) is 2.71. The molecule has 0 spiro atoms. The molecule has 1 heterocycles. The van der Waals surface area contributed by atoms with Gasteiger partial charge in [-0.2, -0.15) is 0 Å². The van der Waals surface area contributed by atoms with Crippen LogP contribution in [0.25, 0.3) is 0 Å². The third-order valence-corrected chi connectivity index (χ3v) is 5.17. The first-order valence-electron chi connectivity index (χ1n) is 5.85. The molecule has 0 aliphatic rings. The molecule has 1 aromatic heterocycles. The number of sulfonamides is 1. The molecule has 7 heteroatoms. The van der Waals surface area contributed by atoms with Crippen molar-refractivity contribution in [2.45, 2.75) is 11.0 Å². The molecule has 108 valence electrons. The number of furan rings is 1. The van der Waals surface area contributed by atoms with E-state index < -0.39 is 16.1 Å². The number of nitrogens with one attached hydrogen (secondary N) is 1. The Hall–Kier alpha value is -1.15. The van der Waals surface area contributed by atoms with Crippen LogP contribution in [0.15, 0.2) is 56.4 Å². The highest BCUT2D eigenvalue weighted by Crippen LogP contribution is 2.22. The average molecular weight is 360 g/mol. The molecule has 5 nitrogen and oxygen atoms in total. The van der Waals surface area contributed by atoms with Crippen molar-refractivity contribution in [3.8, 4) is 0 Å². The Balaban J connectivity index is 2.12. The van der Waals surface area contributed by atoms with E-state index in [2.05, 4.69) is 20.7 Å². The highest BCUT2D eigenvalue weighted by Gasteiger charge is 2.21. The van der Waals surface area contributed by atoms with Gasteiger partial charge in [0.05, 0.1) is 11.2 Å². The van der Waals surface area contributed by atoms with Crippen molar-refractivity contribution in [3.63, 3.8) is 0 Å². The summed E-state index contributed by atoms with van der Waals surface area (Å²) in [6.07, 6.45) is 1.05. The second-order valence-electron chi connectivity index (χ2n) is 4.02. The van der Waals surface area contributed by atoms with Crippen LogP contribution >= 0.6 is 15.9 Å². The summed E-state index contributed by atoms with van der Waals surface area (Å²) in [5, 5.41) is 0. The molecule has 1 atom stereocenters. The molecule has 0 aliphatic carbocycles. The van der Waals surface area contributed by atoms with E-state index in [9.17, 15) is 8.42 Å². The van der Waals surface area contributed by atoms with Gasteiger partial charge in [-0.15, -0.1) is 0 Å². The van der Waals surface area contributed by atoms with E-state index in [4.69, 9.17) is 9.15 Å². The summed E-state index contributed by atoms with van der Waals surface area (Å²) in [5.41, 5.74) is 0. The zero-order valence-corrected chi connectivity index (χ0v) is 13.1. The standard InChI is InChI=1S/C13H14BrNO4S/c1-18-12(11-6-4-8-19-11)9-15-20(16,17)13-7-3-2-5-10(13)14/h2-8,12,15H,9H2,1H3. The van der Waals surface area contributed by atoms with Gasteiger partial charge in [0, 0.05) is 18.1 Å². The van der Waals surface area contributed by atoms with Crippen LogP contribution in [0.2, 0.25) is 0 Å². The third-order valence-electron chi connectivity index (χ3n) is 2.73. The Bertz CT molecular complexity index is 655. The minimum absolute atomic E-state index is 0.0910. The summed E-state index contributed by atoms with van der Waals surface area (Å²) in [5.74, 6) is 0.572. The first-order valence-corrected chi connectivity index (χ1v) is 8.12. The Labute approximate surface area is 126 Å². The molecule has 0 radical (unpaired) electrons. The molecule has 1 unspecified atom stereocenters. The van der Waals surface area contributed by atoms with Gasteiger partial charge in [0.15, 0.2) is 0 Å². The molecule has 2 rings (SSSR count). The lowest BCUT2D eigenvalue weighted by Gasteiger charge is -2.14. The second kappa shape index (κ2) is 6.53. The molecule has 0 amide bonds. The second-order valence-corrected chi connectivity index (χ2v) is 6.61. The van der Waals surface area contributed by atoms with E-state index in [1.165, 1.54) is 19.4 Å². The van der Waals surface area contributed by atoms with Crippen LogP contribution in [0.3, 0.4) is 0 Å². The van der Waals surface area contributed by atoms with Gasteiger partial charge in [-0.1, -0.05) is 12.1 Å². The number of methoxy groups -OCH3 is 1. The van der Waals surface area contributed by atoms with E-state index in [1.54, 1.807) is 30.3 Å². The number of halogens is 1. The normalized spacial score (nSPS) is 13.3. The van der Waals surface area contributed by atoms with Crippen LogP contribution in [-0.2, 0) is 14.8 Å². The van der Waals surface area contributed by atoms with E-state index in [0.29, 0.717) is 10.2 Å². The van der Waals surface area contributed by atoms with Gasteiger partial charge in [0.1, 0.15) is 11.9 Å². The first kappa shape index (κ1) is 15.2. The SMILES string of the molecule is COC(CNS(=O)(=O)c1ccccc1Br)c1ccco1. The van der Waals surface area contributed by atoms with Crippen LogP contribution < -0.4 is 4.72 Å². The number of rotatable bonds is 6. The van der Waals surface area contributed by atoms with E-state index >= 15 is 0 Å². The van der Waals surface area contributed by atoms with Gasteiger partial charge >= 0.3 is 0 Å². The Morgan fingerprint density at radius 2 is 2.05 bits per heavy atom. The van der Waals surface area contributed by atoms with E-state index in [0.717, 1.165) is 0 Å². The molecule has 0 saturated heterocycles. The molecule has 0 saturated carbocycles. The van der Waals surface area contributed by atoms with Crippen LogP contribution in [0.4, 0.5) is 0 Å². The summed E-state index contributed by atoms with van der Waals surface area (Å²) in [6, 6.07) is 10.1. The molecule has 1 aromatic carbocycles. The maximum absolute atomic E-state index is 12.2. The van der Waals surface area contributed by atoms with Crippen LogP contribution in [-0.4, -0.2) is 22.1 Å². The number of ether oxygens (including phenoxy) is 1. The van der Waals surface area contributed by atoms with Crippen molar-refractivity contribution in [1.29, 1.82) is 0 Å². The molecule has 20 heavy (non-hydrogen) atoms. The molecule has 2 aromatic rings. The largest absolute Gasteiger partial charge is 0.467 e. The monoisotopic (exact) mass is 359 g/mol. The summed E-state index contributed by atoms with van der Waals surface area (Å²) in [4.78, 5) is 0.189. The summed E-state index contributed by atoms with van der Waals surface area (Å²) >= 11 is 3.23. The fraction of sp³-hybridized carbons (Fsp3) is 0.231. The molecule has 0 fully saturated rings. The van der Waals surface area contributed by atoms with E-state index in [-0.39, 0.29) is 11.4 Å².